The minimum atomic E-state index is 0. The lowest BCUT2D eigenvalue weighted by Crippen LogP contribution is -2.44. The molecular formula is C14H23ClN2O2S. The maximum Gasteiger partial charge on any atom is 0.222 e. The van der Waals surface area contributed by atoms with Crippen LogP contribution in [0.4, 0.5) is 0 Å². The average molecular weight is 319 g/mol. The topological polar surface area (TPSA) is 50.4 Å². The largest absolute Gasteiger partial charge is 0.378 e. The van der Waals surface area contributed by atoms with Crippen molar-refractivity contribution in [1.82, 2.24) is 10.6 Å². The van der Waals surface area contributed by atoms with E-state index in [2.05, 4.69) is 30.5 Å². The van der Waals surface area contributed by atoms with Crippen LogP contribution in [-0.2, 0) is 9.53 Å². The minimum absolute atomic E-state index is 0. The number of rotatable bonds is 4. The number of amides is 1. The number of hydrogen-bond acceptors (Lipinski definition) is 4. The molecular weight excluding hydrogens is 296 g/mol. The van der Waals surface area contributed by atoms with E-state index in [4.69, 9.17) is 4.74 Å². The summed E-state index contributed by atoms with van der Waals surface area (Å²) in [5.74, 6) is 0.0822. The highest BCUT2D eigenvalue weighted by Crippen LogP contribution is 2.26. The SMILES string of the molecule is Cc1cc(C(C)NC(=O)CC2COCCN2)c(C)s1.Cl. The van der Waals surface area contributed by atoms with E-state index in [1.165, 1.54) is 15.3 Å². The van der Waals surface area contributed by atoms with Crippen LogP contribution in [0.3, 0.4) is 0 Å². The monoisotopic (exact) mass is 318 g/mol. The number of morpholine rings is 1. The van der Waals surface area contributed by atoms with Crippen LogP contribution in [0.2, 0.25) is 0 Å². The summed E-state index contributed by atoms with van der Waals surface area (Å²) in [5, 5.41) is 6.36. The summed E-state index contributed by atoms with van der Waals surface area (Å²) in [6, 6.07) is 2.38. The molecule has 0 bridgehead atoms. The smallest absolute Gasteiger partial charge is 0.222 e. The lowest BCUT2D eigenvalue weighted by molar-refractivity contribution is -0.122. The van der Waals surface area contributed by atoms with Gasteiger partial charge in [-0.05, 0) is 32.4 Å². The van der Waals surface area contributed by atoms with Gasteiger partial charge in [0.1, 0.15) is 0 Å². The zero-order chi connectivity index (χ0) is 13.8. The Kier molecular flexibility index (Phi) is 6.95. The van der Waals surface area contributed by atoms with Gasteiger partial charge in [-0.25, -0.2) is 0 Å². The molecule has 0 aromatic carbocycles. The van der Waals surface area contributed by atoms with Crippen LogP contribution in [0.1, 0.15) is 34.7 Å². The first-order chi connectivity index (χ1) is 9.06. The molecule has 0 saturated carbocycles. The highest BCUT2D eigenvalue weighted by Gasteiger charge is 2.19. The Hall–Kier alpha value is -0.620. The number of carbonyl (C=O) groups is 1. The molecule has 1 aliphatic heterocycles. The molecule has 2 unspecified atom stereocenters. The van der Waals surface area contributed by atoms with Crippen LogP contribution < -0.4 is 10.6 Å². The molecule has 4 nitrogen and oxygen atoms in total. The van der Waals surface area contributed by atoms with Crippen molar-refractivity contribution in [2.75, 3.05) is 19.8 Å². The third-order valence-electron chi connectivity index (χ3n) is 3.35. The molecule has 0 spiro atoms. The summed E-state index contributed by atoms with van der Waals surface area (Å²) in [5.41, 5.74) is 1.23. The van der Waals surface area contributed by atoms with Crippen molar-refractivity contribution in [3.8, 4) is 0 Å². The van der Waals surface area contributed by atoms with Gasteiger partial charge in [0.05, 0.1) is 19.3 Å². The van der Waals surface area contributed by atoms with Crippen molar-refractivity contribution in [2.45, 2.75) is 39.3 Å². The van der Waals surface area contributed by atoms with Crippen molar-refractivity contribution >= 4 is 29.7 Å². The van der Waals surface area contributed by atoms with Gasteiger partial charge in [0.2, 0.25) is 5.91 Å². The Balaban J connectivity index is 0.00000200. The number of aryl methyl sites for hydroxylation is 2. The summed E-state index contributed by atoms with van der Waals surface area (Å²) in [7, 11) is 0. The molecule has 1 saturated heterocycles. The van der Waals surface area contributed by atoms with E-state index in [0.717, 1.165) is 13.2 Å². The molecule has 1 fully saturated rings. The van der Waals surface area contributed by atoms with Gasteiger partial charge in [0.25, 0.3) is 0 Å². The zero-order valence-corrected chi connectivity index (χ0v) is 13.8. The number of carbonyl (C=O) groups excluding carboxylic acids is 1. The third kappa shape index (κ3) is 4.74. The van der Waals surface area contributed by atoms with E-state index >= 15 is 0 Å². The van der Waals surface area contributed by atoms with Crippen molar-refractivity contribution in [1.29, 1.82) is 0 Å². The molecule has 1 aromatic rings. The van der Waals surface area contributed by atoms with Gasteiger partial charge >= 0.3 is 0 Å². The second kappa shape index (κ2) is 7.98. The quantitative estimate of drug-likeness (QED) is 0.896. The van der Waals surface area contributed by atoms with Crippen molar-refractivity contribution in [3.05, 3.63) is 21.4 Å². The number of halogens is 1. The molecule has 1 amide bonds. The fourth-order valence-electron chi connectivity index (χ4n) is 2.43. The fraction of sp³-hybridized carbons (Fsp3) is 0.643. The second-order valence-electron chi connectivity index (χ2n) is 5.09. The number of hydrogen-bond donors (Lipinski definition) is 2. The molecule has 114 valence electrons. The molecule has 2 N–H and O–H groups in total. The maximum absolute atomic E-state index is 12.0. The highest BCUT2D eigenvalue weighted by atomic mass is 35.5. The van der Waals surface area contributed by atoms with Crippen LogP contribution in [0.25, 0.3) is 0 Å². The van der Waals surface area contributed by atoms with E-state index in [1.807, 2.05) is 6.92 Å². The Morgan fingerprint density at radius 3 is 2.90 bits per heavy atom. The first-order valence-electron chi connectivity index (χ1n) is 6.73. The Morgan fingerprint density at radius 2 is 2.35 bits per heavy atom. The van der Waals surface area contributed by atoms with Crippen LogP contribution in [0.15, 0.2) is 6.07 Å². The molecule has 0 radical (unpaired) electrons. The Labute approximate surface area is 130 Å². The van der Waals surface area contributed by atoms with E-state index in [9.17, 15) is 4.79 Å². The van der Waals surface area contributed by atoms with Crippen molar-refractivity contribution in [3.63, 3.8) is 0 Å². The molecule has 2 rings (SSSR count). The Morgan fingerprint density at radius 1 is 1.60 bits per heavy atom. The first-order valence-corrected chi connectivity index (χ1v) is 7.55. The molecule has 1 aromatic heterocycles. The standard InChI is InChI=1S/C14H22N2O2S.ClH/c1-9-6-13(11(3)19-9)10(2)16-14(17)7-12-8-18-5-4-15-12;/h6,10,12,15H,4-5,7-8H2,1-3H3,(H,16,17);1H. The lowest BCUT2D eigenvalue weighted by Gasteiger charge is -2.24. The molecule has 2 atom stereocenters. The minimum Gasteiger partial charge on any atom is -0.378 e. The van der Waals surface area contributed by atoms with Crippen molar-refractivity contribution in [2.24, 2.45) is 0 Å². The molecule has 6 heteroatoms. The highest BCUT2D eigenvalue weighted by molar-refractivity contribution is 7.12. The van der Waals surface area contributed by atoms with Crippen molar-refractivity contribution < 1.29 is 9.53 Å². The molecule has 0 aliphatic carbocycles. The van der Waals surface area contributed by atoms with Gasteiger partial charge in [-0.2, -0.15) is 0 Å². The summed E-state index contributed by atoms with van der Waals surface area (Å²) in [4.78, 5) is 14.6. The van der Waals surface area contributed by atoms with Gasteiger partial charge in [-0.15, -0.1) is 23.7 Å². The second-order valence-corrected chi connectivity index (χ2v) is 6.55. The van der Waals surface area contributed by atoms with Crippen LogP contribution in [0.5, 0.6) is 0 Å². The summed E-state index contributed by atoms with van der Waals surface area (Å²) in [6.45, 7) is 8.43. The molecule has 1 aliphatic rings. The molecule has 20 heavy (non-hydrogen) atoms. The summed E-state index contributed by atoms with van der Waals surface area (Å²) >= 11 is 1.78. The van der Waals surface area contributed by atoms with Gasteiger partial charge < -0.3 is 15.4 Å². The van der Waals surface area contributed by atoms with Gasteiger partial charge in [-0.1, -0.05) is 0 Å². The number of thiophene rings is 1. The van der Waals surface area contributed by atoms with E-state index in [0.29, 0.717) is 13.0 Å². The predicted octanol–water partition coefficient (Wildman–Crippen LogP) is 2.34. The first kappa shape index (κ1) is 17.4. The van der Waals surface area contributed by atoms with Gasteiger partial charge in [0.15, 0.2) is 0 Å². The zero-order valence-electron chi connectivity index (χ0n) is 12.2. The Bertz CT molecular complexity index is 444. The van der Waals surface area contributed by atoms with Crippen LogP contribution >= 0.6 is 23.7 Å². The summed E-state index contributed by atoms with van der Waals surface area (Å²) in [6.07, 6.45) is 0.479. The number of ether oxygens (including phenoxy) is 1. The lowest BCUT2D eigenvalue weighted by atomic mass is 10.1. The normalized spacial score (nSPS) is 20.1. The van der Waals surface area contributed by atoms with E-state index < -0.39 is 0 Å². The van der Waals surface area contributed by atoms with Gasteiger partial charge in [0, 0.05) is 28.8 Å². The van der Waals surface area contributed by atoms with E-state index in [1.54, 1.807) is 11.3 Å². The fourth-order valence-corrected chi connectivity index (χ4v) is 3.46. The predicted molar refractivity (Wildman–Crippen MR) is 84.8 cm³/mol. The number of nitrogens with one attached hydrogen (secondary N) is 2. The average Bonchev–Trinajstić information content (AvgIpc) is 2.69. The van der Waals surface area contributed by atoms with Crippen LogP contribution in [0, 0.1) is 13.8 Å². The van der Waals surface area contributed by atoms with E-state index in [-0.39, 0.29) is 30.4 Å². The molecule has 2 heterocycles. The maximum atomic E-state index is 12.0. The van der Waals surface area contributed by atoms with Gasteiger partial charge in [-0.3, -0.25) is 4.79 Å². The van der Waals surface area contributed by atoms with Crippen LogP contribution in [-0.4, -0.2) is 31.7 Å². The summed E-state index contributed by atoms with van der Waals surface area (Å²) < 4.78 is 5.35. The third-order valence-corrected chi connectivity index (χ3v) is 4.34.